The molecule has 128 valence electrons. The van der Waals surface area contributed by atoms with E-state index in [0.29, 0.717) is 17.1 Å². The van der Waals surface area contributed by atoms with Crippen molar-refractivity contribution < 1.29 is 14.5 Å². The molecule has 1 aromatic heterocycles. The third-order valence-electron chi connectivity index (χ3n) is 3.83. The number of aromatic nitrogens is 2. The summed E-state index contributed by atoms with van der Waals surface area (Å²) in [7, 11) is 1.52. The maximum Gasteiger partial charge on any atom is 0.312 e. The van der Waals surface area contributed by atoms with Crippen molar-refractivity contribution in [2.75, 3.05) is 12.4 Å². The molecule has 0 bridgehead atoms. The molecule has 1 amide bonds. The molecule has 1 unspecified atom stereocenters. The number of nitro groups is 1. The number of anilines is 1. The van der Waals surface area contributed by atoms with Crippen LogP contribution in [0.15, 0.2) is 18.2 Å². The van der Waals surface area contributed by atoms with Gasteiger partial charge in [0.25, 0.3) is 0 Å². The average molecular weight is 332 g/mol. The van der Waals surface area contributed by atoms with Crippen LogP contribution in [0.3, 0.4) is 0 Å². The number of hydrogen-bond donors (Lipinski definition) is 1. The molecule has 0 radical (unpaired) electrons. The van der Waals surface area contributed by atoms with Crippen LogP contribution in [0.4, 0.5) is 11.4 Å². The molecule has 2 rings (SSSR count). The molecule has 0 fully saturated rings. The molecule has 1 atom stereocenters. The van der Waals surface area contributed by atoms with Gasteiger partial charge in [0, 0.05) is 0 Å². The number of methoxy groups -OCH3 is 1. The normalized spacial score (nSPS) is 11.9. The van der Waals surface area contributed by atoms with Gasteiger partial charge in [-0.05, 0) is 45.4 Å². The highest BCUT2D eigenvalue weighted by molar-refractivity contribution is 5.95. The van der Waals surface area contributed by atoms with E-state index in [0.717, 1.165) is 5.56 Å². The molecule has 0 spiro atoms. The van der Waals surface area contributed by atoms with Gasteiger partial charge in [0.05, 0.1) is 17.7 Å². The lowest BCUT2D eigenvalue weighted by molar-refractivity contribution is -0.386. The van der Waals surface area contributed by atoms with E-state index in [1.807, 2.05) is 13.0 Å². The van der Waals surface area contributed by atoms with Gasteiger partial charge < -0.3 is 10.1 Å². The lowest BCUT2D eigenvalue weighted by Gasteiger charge is -2.16. The number of ether oxygens (including phenoxy) is 1. The van der Waals surface area contributed by atoms with E-state index < -0.39 is 11.0 Å². The largest absolute Gasteiger partial charge is 0.495 e. The van der Waals surface area contributed by atoms with Crippen molar-refractivity contribution in [3.05, 3.63) is 45.3 Å². The quantitative estimate of drug-likeness (QED) is 0.670. The van der Waals surface area contributed by atoms with Gasteiger partial charge in [0.2, 0.25) is 5.91 Å². The Morgan fingerprint density at radius 1 is 1.38 bits per heavy atom. The Hall–Kier alpha value is -2.90. The molecule has 1 N–H and O–H groups in total. The molecular weight excluding hydrogens is 312 g/mol. The maximum atomic E-state index is 12.5. The van der Waals surface area contributed by atoms with Gasteiger partial charge in [-0.1, -0.05) is 6.07 Å². The standard InChI is InChI=1S/C16H20N4O4/c1-9-6-7-14(24-5)13(8-9)17-16(21)12(4)19-11(3)15(20(22)23)10(2)18-19/h6-8,12H,1-5H3,(H,17,21). The van der Waals surface area contributed by atoms with E-state index in [1.54, 1.807) is 32.9 Å². The van der Waals surface area contributed by atoms with Gasteiger partial charge in [0.15, 0.2) is 0 Å². The van der Waals surface area contributed by atoms with Crippen molar-refractivity contribution in [1.82, 2.24) is 9.78 Å². The smallest absolute Gasteiger partial charge is 0.312 e. The third-order valence-corrected chi connectivity index (χ3v) is 3.83. The number of hydrogen-bond acceptors (Lipinski definition) is 5. The Bertz CT molecular complexity index is 798. The predicted molar refractivity (Wildman–Crippen MR) is 89.4 cm³/mol. The van der Waals surface area contributed by atoms with Gasteiger partial charge >= 0.3 is 5.69 Å². The number of rotatable bonds is 5. The second-order valence-corrected chi connectivity index (χ2v) is 5.59. The van der Waals surface area contributed by atoms with Crippen LogP contribution in [-0.4, -0.2) is 27.7 Å². The molecule has 8 nitrogen and oxygen atoms in total. The zero-order valence-corrected chi connectivity index (χ0v) is 14.3. The first-order chi connectivity index (χ1) is 11.3. The summed E-state index contributed by atoms with van der Waals surface area (Å²) in [6.07, 6.45) is 0. The van der Waals surface area contributed by atoms with Crippen LogP contribution >= 0.6 is 0 Å². The second-order valence-electron chi connectivity index (χ2n) is 5.59. The maximum absolute atomic E-state index is 12.5. The number of benzene rings is 1. The van der Waals surface area contributed by atoms with Crippen molar-refractivity contribution in [2.45, 2.75) is 33.7 Å². The molecule has 0 saturated carbocycles. The first kappa shape index (κ1) is 17.5. The molecule has 8 heteroatoms. The lowest BCUT2D eigenvalue weighted by Crippen LogP contribution is -2.25. The van der Waals surface area contributed by atoms with Crippen LogP contribution in [-0.2, 0) is 4.79 Å². The van der Waals surface area contributed by atoms with Crippen molar-refractivity contribution in [3.63, 3.8) is 0 Å². The number of carbonyl (C=O) groups is 1. The number of nitrogens with zero attached hydrogens (tertiary/aromatic N) is 3. The van der Waals surface area contributed by atoms with Crippen molar-refractivity contribution in [3.8, 4) is 5.75 Å². The fraction of sp³-hybridized carbons (Fsp3) is 0.375. The first-order valence-electron chi connectivity index (χ1n) is 7.41. The third kappa shape index (κ3) is 3.22. The summed E-state index contributed by atoms with van der Waals surface area (Å²) in [4.78, 5) is 23.1. The van der Waals surface area contributed by atoms with Gasteiger partial charge in [0.1, 0.15) is 23.2 Å². The molecule has 1 aromatic carbocycles. The van der Waals surface area contributed by atoms with Crippen LogP contribution in [0, 0.1) is 30.9 Å². The Kier molecular flexibility index (Phi) is 4.87. The minimum atomic E-state index is -0.706. The topological polar surface area (TPSA) is 99.3 Å². The number of amides is 1. The molecule has 24 heavy (non-hydrogen) atoms. The molecule has 0 aliphatic heterocycles. The summed E-state index contributed by atoms with van der Waals surface area (Å²) in [5.41, 5.74) is 2.08. The summed E-state index contributed by atoms with van der Waals surface area (Å²) in [5.74, 6) is 0.208. The molecule has 1 heterocycles. The summed E-state index contributed by atoms with van der Waals surface area (Å²) in [6, 6.07) is 4.74. The van der Waals surface area contributed by atoms with Gasteiger partial charge in [-0.2, -0.15) is 5.10 Å². The fourth-order valence-corrected chi connectivity index (χ4v) is 2.56. The van der Waals surface area contributed by atoms with Crippen LogP contribution in [0.2, 0.25) is 0 Å². The Labute approximate surface area is 139 Å². The van der Waals surface area contributed by atoms with E-state index in [4.69, 9.17) is 4.74 Å². The van der Waals surface area contributed by atoms with E-state index in [1.165, 1.54) is 11.8 Å². The minimum Gasteiger partial charge on any atom is -0.495 e. The summed E-state index contributed by atoms with van der Waals surface area (Å²) >= 11 is 0. The van der Waals surface area contributed by atoms with Crippen molar-refractivity contribution in [2.24, 2.45) is 0 Å². The lowest BCUT2D eigenvalue weighted by atomic mass is 10.2. The Morgan fingerprint density at radius 2 is 2.04 bits per heavy atom. The summed E-state index contributed by atoms with van der Waals surface area (Å²) < 4.78 is 6.60. The SMILES string of the molecule is COc1ccc(C)cc1NC(=O)C(C)n1nc(C)c([N+](=O)[O-])c1C. The van der Waals surface area contributed by atoms with Gasteiger partial charge in [-0.3, -0.25) is 19.6 Å². The van der Waals surface area contributed by atoms with Crippen molar-refractivity contribution >= 4 is 17.3 Å². The van der Waals surface area contributed by atoms with Crippen molar-refractivity contribution in [1.29, 1.82) is 0 Å². The van der Waals surface area contributed by atoms with Crippen LogP contribution in [0.5, 0.6) is 5.75 Å². The minimum absolute atomic E-state index is 0.0669. The molecule has 0 aliphatic rings. The summed E-state index contributed by atoms with van der Waals surface area (Å²) in [5, 5.41) is 18.0. The van der Waals surface area contributed by atoms with Gasteiger partial charge in [-0.25, -0.2) is 0 Å². The highest BCUT2D eigenvalue weighted by Gasteiger charge is 2.27. The van der Waals surface area contributed by atoms with Crippen LogP contribution in [0.25, 0.3) is 0 Å². The number of nitrogens with one attached hydrogen (secondary N) is 1. The highest BCUT2D eigenvalue weighted by Crippen LogP contribution is 2.28. The number of carbonyl (C=O) groups excluding carboxylic acids is 1. The van der Waals surface area contributed by atoms with E-state index >= 15 is 0 Å². The van der Waals surface area contributed by atoms with E-state index in [-0.39, 0.29) is 17.3 Å². The molecule has 0 saturated heterocycles. The Balaban J connectivity index is 2.30. The van der Waals surface area contributed by atoms with E-state index in [9.17, 15) is 14.9 Å². The summed E-state index contributed by atoms with van der Waals surface area (Å²) in [6.45, 7) is 6.68. The molecular formula is C16H20N4O4. The highest BCUT2D eigenvalue weighted by atomic mass is 16.6. The monoisotopic (exact) mass is 332 g/mol. The predicted octanol–water partition coefficient (Wildman–Crippen LogP) is 2.92. The fourth-order valence-electron chi connectivity index (χ4n) is 2.56. The zero-order chi connectivity index (χ0) is 18.0. The van der Waals surface area contributed by atoms with Gasteiger partial charge in [-0.15, -0.1) is 0 Å². The Morgan fingerprint density at radius 3 is 2.58 bits per heavy atom. The second kappa shape index (κ2) is 6.69. The van der Waals surface area contributed by atoms with E-state index in [2.05, 4.69) is 10.4 Å². The average Bonchev–Trinajstić information content (AvgIpc) is 2.81. The van der Waals surface area contributed by atoms with Crippen LogP contribution in [0.1, 0.15) is 29.9 Å². The zero-order valence-electron chi connectivity index (χ0n) is 14.3. The first-order valence-corrected chi connectivity index (χ1v) is 7.41. The van der Waals surface area contributed by atoms with Crippen LogP contribution < -0.4 is 10.1 Å². The molecule has 2 aromatic rings. The molecule has 0 aliphatic carbocycles. The number of aryl methyl sites for hydroxylation is 2.